The number of carbonyl (C=O) groups is 2. The largest absolute Gasteiger partial charge is 0.463 e. The molecule has 0 aromatic rings. The number of ether oxygens (including phenoxy) is 8. The number of carbonyl (C=O) groups excluding carboxylic acids is 2. The third kappa shape index (κ3) is 32.9. The minimum atomic E-state index is -0.293. The first-order chi connectivity index (χ1) is 19.7. The van der Waals surface area contributed by atoms with E-state index < -0.39 is 0 Å². The van der Waals surface area contributed by atoms with E-state index in [0.717, 1.165) is 26.1 Å². The number of hydrogen-bond donors (Lipinski definition) is 0. The molecule has 0 aromatic carbocycles. The van der Waals surface area contributed by atoms with E-state index in [1.807, 2.05) is 0 Å². The second-order valence-corrected chi connectivity index (χ2v) is 9.44. The maximum atomic E-state index is 11.8. The van der Waals surface area contributed by atoms with Crippen LogP contribution in [0.2, 0.25) is 0 Å². The lowest BCUT2D eigenvalue weighted by atomic mass is 10.2. The van der Waals surface area contributed by atoms with Crippen molar-refractivity contribution >= 4 is 11.9 Å². The minimum absolute atomic E-state index is 0.208. The molecule has 0 unspecified atom stereocenters. The first-order valence-corrected chi connectivity index (χ1v) is 15.5. The van der Waals surface area contributed by atoms with Crippen LogP contribution in [-0.4, -0.2) is 104 Å². The van der Waals surface area contributed by atoms with Crippen LogP contribution in [0.25, 0.3) is 0 Å². The number of rotatable bonds is 33. The average molecular weight is 579 g/mol. The maximum absolute atomic E-state index is 11.8. The molecule has 238 valence electrons. The molecule has 0 saturated carbocycles. The Morgan fingerprint density at radius 2 is 0.650 bits per heavy atom. The van der Waals surface area contributed by atoms with E-state index in [0.29, 0.717) is 78.9 Å². The van der Waals surface area contributed by atoms with Gasteiger partial charge in [-0.2, -0.15) is 0 Å². The summed E-state index contributed by atoms with van der Waals surface area (Å²) in [4.78, 5) is 23.5. The molecule has 0 aromatic heterocycles. The molecule has 0 atom stereocenters. The SMILES string of the molecule is CCCCCCOCCOCCOCCOC(=O)CCCCC(=O)OCCOCCOCCOCCCCCC. The minimum Gasteiger partial charge on any atom is -0.463 e. The first-order valence-electron chi connectivity index (χ1n) is 15.5. The van der Waals surface area contributed by atoms with E-state index in [2.05, 4.69) is 13.8 Å². The molecule has 0 aliphatic carbocycles. The zero-order valence-corrected chi connectivity index (χ0v) is 25.5. The number of hydrogen-bond acceptors (Lipinski definition) is 10. The van der Waals surface area contributed by atoms with Crippen LogP contribution in [0.4, 0.5) is 0 Å². The molecule has 0 heterocycles. The van der Waals surface area contributed by atoms with Crippen molar-refractivity contribution in [1.82, 2.24) is 0 Å². The van der Waals surface area contributed by atoms with Gasteiger partial charge in [-0.25, -0.2) is 0 Å². The summed E-state index contributed by atoms with van der Waals surface area (Å²) in [6, 6.07) is 0. The van der Waals surface area contributed by atoms with Gasteiger partial charge in [0.25, 0.3) is 0 Å². The molecule has 0 bridgehead atoms. The predicted octanol–water partition coefficient (Wildman–Crippen LogP) is 4.89. The Morgan fingerprint density at radius 1 is 0.350 bits per heavy atom. The lowest BCUT2D eigenvalue weighted by molar-refractivity contribution is -0.147. The van der Waals surface area contributed by atoms with Gasteiger partial charge in [-0.05, 0) is 25.7 Å². The zero-order chi connectivity index (χ0) is 29.2. The standard InChI is InChI=1S/C30H58O10/c1-3-5-7-11-15-33-17-19-35-21-23-37-25-27-39-29(31)13-9-10-14-30(32)40-28-26-38-24-22-36-20-18-34-16-12-8-6-4-2/h3-28H2,1-2H3. The van der Waals surface area contributed by atoms with E-state index in [-0.39, 0.29) is 38.0 Å². The summed E-state index contributed by atoms with van der Waals surface area (Å²) in [5.74, 6) is -0.586. The summed E-state index contributed by atoms with van der Waals surface area (Å²) in [6.07, 6.45) is 11.3. The zero-order valence-electron chi connectivity index (χ0n) is 25.5. The topological polar surface area (TPSA) is 108 Å². The second kappa shape index (κ2) is 33.9. The summed E-state index contributed by atoms with van der Waals surface area (Å²) >= 11 is 0. The molecule has 0 amide bonds. The molecule has 0 fully saturated rings. The maximum Gasteiger partial charge on any atom is 0.305 e. The van der Waals surface area contributed by atoms with Gasteiger partial charge in [0.15, 0.2) is 0 Å². The van der Waals surface area contributed by atoms with E-state index in [1.165, 1.54) is 38.5 Å². The van der Waals surface area contributed by atoms with E-state index >= 15 is 0 Å². The quantitative estimate of drug-likeness (QED) is 0.0789. The molecule has 40 heavy (non-hydrogen) atoms. The van der Waals surface area contributed by atoms with Crippen molar-refractivity contribution in [3.63, 3.8) is 0 Å². The third-order valence-corrected chi connectivity index (χ3v) is 5.77. The number of esters is 2. The van der Waals surface area contributed by atoms with Crippen molar-refractivity contribution in [2.45, 2.75) is 90.9 Å². The molecular formula is C30H58O10. The predicted molar refractivity (Wildman–Crippen MR) is 154 cm³/mol. The van der Waals surface area contributed by atoms with Crippen molar-refractivity contribution in [1.29, 1.82) is 0 Å². The summed E-state index contributed by atoms with van der Waals surface area (Å²) in [5.41, 5.74) is 0. The van der Waals surface area contributed by atoms with Gasteiger partial charge in [-0.3, -0.25) is 9.59 Å². The van der Waals surface area contributed by atoms with Crippen LogP contribution in [0.3, 0.4) is 0 Å². The van der Waals surface area contributed by atoms with Gasteiger partial charge in [0.05, 0.1) is 66.1 Å². The summed E-state index contributed by atoms with van der Waals surface area (Å²) in [6.45, 7) is 11.2. The highest BCUT2D eigenvalue weighted by molar-refractivity contribution is 5.70. The monoisotopic (exact) mass is 578 g/mol. The van der Waals surface area contributed by atoms with Gasteiger partial charge in [-0.1, -0.05) is 52.4 Å². The van der Waals surface area contributed by atoms with Gasteiger partial charge in [0.1, 0.15) is 13.2 Å². The Bertz CT molecular complexity index is 487. The molecule has 0 radical (unpaired) electrons. The van der Waals surface area contributed by atoms with Gasteiger partial charge in [0.2, 0.25) is 0 Å². The Hall–Kier alpha value is -1.30. The van der Waals surface area contributed by atoms with Crippen LogP contribution < -0.4 is 0 Å². The van der Waals surface area contributed by atoms with E-state index in [4.69, 9.17) is 37.9 Å². The normalized spacial score (nSPS) is 11.2. The highest BCUT2D eigenvalue weighted by Crippen LogP contribution is 2.03. The lowest BCUT2D eigenvalue weighted by Crippen LogP contribution is -2.14. The Morgan fingerprint density at radius 3 is 0.975 bits per heavy atom. The summed E-state index contributed by atoms with van der Waals surface area (Å²) < 4.78 is 42.9. The fourth-order valence-electron chi connectivity index (χ4n) is 3.46. The molecule has 0 N–H and O–H groups in total. The lowest BCUT2D eigenvalue weighted by Gasteiger charge is -2.08. The first kappa shape index (κ1) is 38.7. The van der Waals surface area contributed by atoms with Gasteiger partial charge < -0.3 is 37.9 Å². The average Bonchev–Trinajstić information content (AvgIpc) is 2.95. The van der Waals surface area contributed by atoms with Crippen molar-refractivity contribution < 1.29 is 47.5 Å². The Kier molecular flexibility index (Phi) is 32.8. The fourth-order valence-corrected chi connectivity index (χ4v) is 3.46. The molecule has 10 nitrogen and oxygen atoms in total. The van der Waals surface area contributed by atoms with Crippen molar-refractivity contribution in [2.24, 2.45) is 0 Å². The van der Waals surface area contributed by atoms with Crippen LogP contribution in [0.5, 0.6) is 0 Å². The van der Waals surface area contributed by atoms with Crippen LogP contribution in [0.1, 0.15) is 90.9 Å². The Labute approximate surface area is 243 Å². The molecule has 0 spiro atoms. The fraction of sp³-hybridized carbons (Fsp3) is 0.933. The molecule has 10 heteroatoms. The van der Waals surface area contributed by atoms with Gasteiger partial charge in [0, 0.05) is 26.1 Å². The van der Waals surface area contributed by atoms with Crippen molar-refractivity contribution in [3.8, 4) is 0 Å². The van der Waals surface area contributed by atoms with E-state index in [9.17, 15) is 9.59 Å². The molecule has 0 rings (SSSR count). The second-order valence-electron chi connectivity index (χ2n) is 9.44. The smallest absolute Gasteiger partial charge is 0.305 e. The van der Waals surface area contributed by atoms with Gasteiger partial charge in [-0.15, -0.1) is 0 Å². The summed E-state index contributed by atoms with van der Waals surface area (Å²) in [7, 11) is 0. The molecular weight excluding hydrogens is 520 g/mol. The van der Waals surface area contributed by atoms with Crippen LogP contribution in [0.15, 0.2) is 0 Å². The van der Waals surface area contributed by atoms with Crippen LogP contribution in [0, 0.1) is 0 Å². The molecule has 0 aliphatic heterocycles. The van der Waals surface area contributed by atoms with Crippen LogP contribution in [-0.2, 0) is 47.5 Å². The third-order valence-electron chi connectivity index (χ3n) is 5.77. The van der Waals surface area contributed by atoms with E-state index in [1.54, 1.807) is 0 Å². The van der Waals surface area contributed by atoms with Crippen molar-refractivity contribution in [2.75, 3.05) is 92.5 Å². The summed E-state index contributed by atoms with van der Waals surface area (Å²) in [5, 5.41) is 0. The number of unbranched alkanes of at least 4 members (excludes halogenated alkanes) is 7. The highest BCUT2D eigenvalue weighted by Gasteiger charge is 2.06. The highest BCUT2D eigenvalue weighted by atomic mass is 16.6. The molecule has 0 aliphatic rings. The molecule has 0 saturated heterocycles. The van der Waals surface area contributed by atoms with Crippen molar-refractivity contribution in [3.05, 3.63) is 0 Å². The Balaban J connectivity index is 3.26. The van der Waals surface area contributed by atoms with Gasteiger partial charge >= 0.3 is 11.9 Å². The van der Waals surface area contributed by atoms with Crippen LogP contribution >= 0.6 is 0 Å².